The van der Waals surface area contributed by atoms with Crippen molar-refractivity contribution < 1.29 is 14.3 Å². The lowest BCUT2D eigenvalue weighted by Crippen LogP contribution is -2.57. The van der Waals surface area contributed by atoms with Crippen molar-refractivity contribution in [3.8, 4) is 5.75 Å². The molecular formula is C30H35N3O3S. The summed E-state index contributed by atoms with van der Waals surface area (Å²) in [5.74, 6) is 1.00. The van der Waals surface area contributed by atoms with Gasteiger partial charge in [0.15, 0.2) is 0 Å². The van der Waals surface area contributed by atoms with Gasteiger partial charge in [0.1, 0.15) is 5.75 Å². The largest absolute Gasteiger partial charge is 0.497 e. The molecule has 3 heterocycles. The van der Waals surface area contributed by atoms with Crippen LogP contribution in [-0.2, 0) is 17.6 Å². The molecule has 3 aromatic rings. The Hall–Kier alpha value is -3.16. The van der Waals surface area contributed by atoms with Gasteiger partial charge in [0.2, 0.25) is 5.91 Å². The van der Waals surface area contributed by atoms with E-state index in [0.717, 1.165) is 25.1 Å². The fourth-order valence-electron chi connectivity index (χ4n) is 5.52. The van der Waals surface area contributed by atoms with Crippen LogP contribution in [0, 0.1) is 0 Å². The van der Waals surface area contributed by atoms with Gasteiger partial charge in [-0.15, -0.1) is 11.3 Å². The quantitative estimate of drug-likeness (QED) is 0.478. The molecular weight excluding hydrogens is 482 g/mol. The van der Waals surface area contributed by atoms with Gasteiger partial charge in [-0.1, -0.05) is 31.2 Å². The van der Waals surface area contributed by atoms with Gasteiger partial charge in [-0.25, -0.2) is 0 Å². The van der Waals surface area contributed by atoms with Crippen LogP contribution in [0.3, 0.4) is 0 Å². The van der Waals surface area contributed by atoms with Gasteiger partial charge in [0, 0.05) is 42.7 Å². The van der Waals surface area contributed by atoms with Gasteiger partial charge in [-0.3, -0.25) is 14.5 Å². The SMILES string of the molecule is CCc1ccc(C(=O)N2CCN(C(=O)CN3CCc4sccc4C3c3ccc(OC)cc3)CC2C)cc1. The number of carbonyl (C=O) groups excluding carboxylic acids is 2. The molecule has 0 bridgehead atoms. The Morgan fingerprint density at radius 1 is 1.00 bits per heavy atom. The standard InChI is InChI=1S/C30H35N3O3S/c1-4-22-5-7-24(8-6-22)30(35)33-17-16-31(19-21(33)2)28(34)20-32-15-13-27-26(14-18-37-27)29(32)23-9-11-25(36-3)12-10-23/h5-12,14,18,21,29H,4,13,15-17,19-20H2,1-3H3. The Kier molecular flexibility index (Phi) is 7.63. The number of hydrogen-bond acceptors (Lipinski definition) is 5. The van der Waals surface area contributed by atoms with Gasteiger partial charge < -0.3 is 14.5 Å². The highest BCUT2D eigenvalue weighted by atomic mass is 32.1. The molecule has 7 heteroatoms. The van der Waals surface area contributed by atoms with Crippen molar-refractivity contribution in [3.05, 3.63) is 87.1 Å². The second-order valence-corrected chi connectivity index (χ2v) is 10.9. The predicted molar refractivity (Wildman–Crippen MR) is 147 cm³/mol. The Balaban J connectivity index is 1.26. The minimum Gasteiger partial charge on any atom is -0.497 e. The molecule has 2 atom stereocenters. The molecule has 1 aromatic heterocycles. The zero-order valence-electron chi connectivity index (χ0n) is 21.9. The number of hydrogen-bond donors (Lipinski definition) is 0. The van der Waals surface area contributed by atoms with E-state index in [4.69, 9.17) is 4.74 Å². The van der Waals surface area contributed by atoms with Crippen molar-refractivity contribution in [1.82, 2.24) is 14.7 Å². The number of amides is 2. The molecule has 37 heavy (non-hydrogen) atoms. The van der Waals surface area contributed by atoms with Crippen molar-refractivity contribution in [2.45, 2.75) is 38.8 Å². The number of nitrogens with zero attached hydrogens (tertiary/aromatic N) is 3. The summed E-state index contributed by atoms with van der Waals surface area (Å²) in [6.07, 6.45) is 1.91. The molecule has 1 saturated heterocycles. The minimum absolute atomic E-state index is 0.0294. The van der Waals surface area contributed by atoms with Crippen LogP contribution in [0.5, 0.6) is 5.75 Å². The maximum Gasteiger partial charge on any atom is 0.254 e. The van der Waals surface area contributed by atoms with E-state index < -0.39 is 0 Å². The van der Waals surface area contributed by atoms with Crippen LogP contribution in [0.1, 0.15) is 51.8 Å². The molecule has 5 rings (SSSR count). The number of thiophene rings is 1. The van der Waals surface area contributed by atoms with Crippen molar-refractivity contribution in [1.29, 1.82) is 0 Å². The summed E-state index contributed by atoms with van der Waals surface area (Å²) in [5.41, 5.74) is 4.41. The van der Waals surface area contributed by atoms with Crippen LogP contribution in [0.15, 0.2) is 60.0 Å². The van der Waals surface area contributed by atoms with Crippen LogP contribution in [0.25, 0.3) is 0 Å². The van der Waals surface area contributed by atoms with Gasteiger partial charge in [-0.05, 0) is 72.2 Å². The van der Waals surface area contributed by atoms with E-state index in [1.165, 1.54) is 21.6 Å². The fraction of sp³-hybridized carbons (Fsp3) is 0.400. The molecule has 0 N–H and O–H groups in total. The highest BCUT2D eigenvalue weighted by Crippen LogP contribution is 2.38. The number of piperazine rings is 1. The maximum absolute atomic E-state index is 13.5. The lowest BCUT2D eigenvalue weighted by molar-refractivity contribution is -0.135. The van der Waals surface area contributed by atoms with Crippen LogP contribution in [0.2, 0.25) is 0 Å². The molecule has 2 aromatic carbocycles. The number of rotatable bonds is 6. The molecule has 194 valence electrons. The monoisotopic (exact) mass is 517 g/mol. The summed E-state index contributed by atoms with van der Waals surface area (Å²) in [7, 11) is 1.67. The Morgan fingerprint density at radius 3 is 2.43 bits per heavy atom. The first kappa shape index (κ1) is 25.5. The van der Waals surface area contributed by atoms with Crippen LogP contribution in [-0.4, -0.2) is 72.4 Å². The van der Waals surface area contributed by atoms with Gasteiger partial charge in [0.05, 0.1) is 19.7 Å². The van der Waals surface area contributed by atoms with E-state index in [9.17, 15) is 9.59 Å². The van der Waals surface area contributed by atoms with E-state index in [1.54, 1.807) is 18.4 Å². The first-order chi connectivity index (χ1) is 18.0. The lowest BCUT2D eigenvalue weighted by Gasteiger charge is -2.42. The van der Waals surface area contributed by atoms with E-state index in [-0.39, 0.29) is 23.9 Å². The van der Waals surface area contributed by atoms with Gasteiger partial charge >= 0.3 is 0 Å². The molecule has 0 saturated carbocycles. The van der Waals surface area contributed by atoms with Gasteiger partial charge in [0.25, 0.3) is 5.91 Å². The number of fused-ring (bicyclic) bond motifs is 1. The first-order valence-electron chi connectivity index (χ1n) is 13.1. The van der Waals surface area contributed by atoms with E-state index in [2.05, 4.69) is 35.4 Å². The molecule has 1 fully saturated rings. The molecule has 2 amide bonds. The Morgan fingerprint density at radius 2 is 1.76 bits per heavy atom. The number of methoxy groups -OCH3 is 1. The average Bonchev–Trinajstić information content (AvgIpc) is 3.41. The zero-order chi connectivity index (χ0) is 25.9. The van der Waals surface area contributed by atoms with E-state index in [0.29, 0.717) is 31.7 Å². The summed E-state index contributed by atoms with van der Waals surface area (Å²) >= 11 is 1.80. The van der Waals surface area contributed by atoms with E-state index in [1.807, 2.05) is 53.1 Å². The van der Waals surface area contributed by atoms with Crippen molar-refractivity contribution >= 4 is 23.2 Å². The summed E-state index contributed by atoms with van der Waals surface area (Å²) in [4.78, 5) is 34.2. The third-order valence-corrected chi connectivity index (χ3v) is 8.68. The third-order valence-electron chi connectivity index (χ3n) is 7.69. The number of benzene rings is 2. The zero-order valence-corrected chi connectivity index (χ0v) is 22.7. The van der Waals surface area contributed by atoms with Crippen LogP contribution < -0.4 is 4.74 Å². The summed E-state index contributed by atoms with van der Waals surface area (Å²) < 4.78 is 5.36. The maximum atomic E-state index is 13.5. The molecule has 2 unspecified atom stereocenters. The van der Waals surface area contributed by atoms with Crippen molar-refractivity contribution in [2.75, 3.05) is 39.8 Å². The molecule has 0 aliphatic carbocycles. The Labute approximate surface area is 223 Å². The van der Waals surface area contributed by atoms with Crippen molar-refractivity contribution in [2.24, 2.45) is 0 Å². The number of carbonyl (C=O) groups is 2. The smallest absolute Gasteiger partial charge is 0.254 e. The molecule has 6 nitrogen and oxygen atoms in total. The second-order valence-electron chi connectivity index (χ2n) is 9.93. The summed E-state index contributed by atoms with van der Waals surface area (Å²) in [5, 5.41) is 2.15. The Bertz CT molecular complexity index is 1240. The third kappa shape index (κ3) is 5.29. The number of aryl methyl sites for hydroxylation is 1. The van der Waals surface area contributed by atoms with E-state index >= 15 is 0 Å². The highest BCUT2D eigenvalue weighted by molar-refractivity contribution is 7.10. The molecule has 0 spiro atoms. The lowest BCUT2D eigenvalue weighted by atomic mass is 9.93. The average molecular weight is 518 g/mol. The molecule has 0 radical (unpaired) electrons. The number of ether oxygens (including phenoxy) is 1. The van der Waals surface area contributed by atoms with Crippen LogP contribution >= 0.6 is 11.3 Å². The summed E-state index contributed by atoms with van der Waals surface area (Å²) in [6, 6.07) is 18.3. The normalized spacial score (nSPS) is 20.0. The fourth-order valence-corrected chi connectivity index (χ4v) is 6.43. The second kappa shape index (κ2) is 11.1. The minimum atomic E-state index is -0.0294. The van der Waals surface area contributed by atoms with Gasteiger partial charge in [-0.2, -0.15) is 0 Å². The highest BCUT2D eigenvalue weighted by Gasteiger charge is 2.34. The topological polar surface area (TPSA) is 53.1 Å². The van der Waals surface area contributed by atoms with Crippen LogP contribution in [0.4, 0.5) is 0 Å². The molecule has 2 aliphatic heterocycles. The summed E-state index contributed by atoms with van der Waals surface area (Å²) in [6.45, 7) is 7.03. The molecule has 2 aliphatic rings. The first-order valence-corrected chi connectivity index (χ1v) is 14.0. The van der Waals surface area contributed by atoms with Crippen molar-refractivity contribution in [3.63, 3.8) is 0 Å². The predicted octanol–water partition coefficient (Wildman–Crippen LogP) is 4.64.